The Balaban J connectivity index is 0.00000162. The van der Waals surface area contributed by atoms with Crippen LogP contribution in [0.5, 0.6) is 0 Å². The van der Waals surface area contributed by atoms with Crippen LogP contribution in [-0.4, -0.2) is 26.0 Å². The van der Waals surface area contributed by atoms with Gasteiger partial charge in [0.15, 0.2) is 9.84 Å². The molecule has 0 saturated carbocycles. The van der Waals surface area contributed by atoms with E-state index in [1.54, 1.807) is 0 Å². The van der Waals surface area contributed by atoms with Crippen LogP contribution in [0.2, 0.25) is 0 Å². The van der Waals surface area contributed by atoms with Crippen LogP contribution in [0.3, 0.4) is 0 Å². The smallest absolute Gasteiger partial charge is 0.151 e. The third kappa shape index (κ3) is 4.26. The first-order valence-corrected chi connectivity index (χ1v) is 7.93. The lowest BCUT2D eigenvalue weighted by atomic mass is 10.1. The van der Waals surface area contributed by atoms with Gasteiger partial charge in [-0.1, -0.05) is 31.2 Å². The summed E-state index contributed by atoms with van der Waals surface area (Å²) in [6.45, 7) is 2.89. The van der Waals surface area contributed by atoms with Gasteiger partial charge in [-0.2, -0.15) is 0 Å². The van der Waals surface area contributed by atoms with Gasteiger partial charge in [-0.05, 0) is 24.0 Å². The van der Waals surface area contributed by atoms with E-state index in [1.807, 2.05) is 0 Å². The molecule has 102 valence electrons. The maximum atomic E-state index is 11.3. The van der Waals surface area contributed by atoms with Crippen molar-refractivity contribution in [3.05, 3.63) is 35.4 Å². The molecule has 1 N–H and O–H groups in total. The SMILES string of the molecule is CCc1ccc(CNC2CCS(=O)(=O)C2)cc1.Cl. The summed E-state index contributed by atoms with van der Waals surface area (Å²) in [5.41, 5.74) is 2.55. The molecule has 1 fully saturated rings. The van der Waals surface area contributed by atoms with Crippen LogP contribution in [0.15, 0.2) is 24.3 Å². The Kier molecular flexibility index (Phi) is 5.63. The van der Waals surface area contributed by atoms with E-state index in [2.05, 4.69) is 36.5 Å². The molecule has 1 aromatic carbocycles. The van der Waals surface area contributed by atoms with Crippen molar-refractivity contribution >= 4 is 22.2 Å². The molecule has 1 aliphatic heterocycles. The average Bonchev–Trinajstić information content (AvgIpc) is 2.67. The summed E-state index contributed by atoms with van der Waals surface area (Å²) in [5, 5.41) is 3.31. The third-order valence-electron chi connectivity index (χ3n) is 3.26. The third-order valence-corrected chi connectivity index (χ3v) is 5.03. The lowest BCUT2D eigenvalue weighted by molar-refractivity contribution is 0.554. The van der Waals surface area contributed by atoms with Crippen LogP contribution < -0.4 is 5.32 Å². The van der Waals surface area contributed by atoms with Crippen molar-refractivity contribution in [2.24, 2.45) is 0 Å². The first kappa shape index (κ1) is 15.5. The molecule has 0 aliphatic carbocycles. The molecular weight excluding hydrogens is 270 g/mol. The maximum absolute atomic E-state index is 11.3. The van der Waals surface area contributed by atoms with Gasteiger partial charge >= 0.3 is 0 Å². The Morgan fingerprint density at radius 1 is 1.22 bits per heavy atom. The summed E-state index contributed by atoms with van der Waals surface area (Å²) in [6.07, 6.45) is 1.80. The van der Waals surface area contributed by atoms with Gasteiger partial charge in [0, 0.05) is 12.6 Å². The highest BCUT2D eigenvalue weighted by Crippen LogP contribution is 2.12. The Bertz CT molecular complexity index is 470. The molecule has 1 aromatic rings. The topological polar surface area (TPSA) is 46.2 Å². The fourth-order valence-corrected chi connectivity index (χ4v) is 3.82. The van der Waals surface area contributed by atoms with Crippen LogP contribution in [0.1, 0.15) is 24.5 Å². The Hall–Kier alpha value is -0.580. The van der Waals surface area contributed by atoms with Crippen molar-refractivity contribution in [3.63, 3.8) is 0 Å². The van der Waals surface area contributed by atoms with Gasteiger partial charge in [0.25, 0.3) is 0 Å². The number of benzene rings is 1. The average molecular weight is 290 g/mol. The monoisotopic (exact) mass is 289 g/mol. The number of hydrogen-bond donors (Lipinski definition) is 1. The number of hydrogen-bond acceptors (Lipinski definition) is 3. The molecule has 0 bridgehead atoms. The van der Waals surface area contributed by atoms with Gasteiger partial charge in [-0.3, -0.25) is 0 Å². The summed E-state index contributed by atoms with van der Waals surface area (Å²) < 4.78 is 22.6. The Morgan fingerprint density at radius 2 is 1.83 bits per heavy atom. The van der Waals surface area contributed by atoms with Crippen LogP contribution in [0, 0.1) is 0 Å². The maximum Gasteiger partial charge on any atom is 0.151 e. The molecule has 1 aliphatic rings. The minimum atomic E-state index is -2.77. The van der Waals surface area contributed by atoms with Crippen LogP contribution in [0.25, 0.3) is 0 Å². The zero-order chi connectivity index (χ0) is 12.3. The van der Waals surface area contributed by atoms with E-state index in [0.717, 1.165) is 19.4 Å². The van der Waals surface area contributed by atoms with Crippen molar-refractivity contribution in [3.8, 4) is 0 Å². The van der Waals surface area contributed by atoms with Gasteiger partial charge in [0.1, 0.15) is 0 Å². The largest absolute Gasteiger partial charge is 0.309 e. The van der Waals surface area contributed by atoms with Crippen molar-refractivity contribution in [1.82, 2.24) is 5.32 Å². The van der Waals surface area contributed by atoms with Gasteiger partial charge in [-0.15, -0.1) is 12.4 Å². The number of halogens is 1. The van der Waals surface area contributed by atoms with Crippen LogP contribution >= 0.6 is 12.4 Å². The Morgan fingerprint density at radius 3 is 2.33 bits per heavy atom. The highest BCUT2D eigenvalue weighted by atomic mass is 35.5. The van der Waals surface area contributed by atoms with E-state index in [1.165, 1.54) is 11.1 Å². The standard InChI is InChI=1S/C13H19NO2S.ClH/c1-2-11-3-5-12(6-4-11)9-14-13-7-8-17(15,16)10-13;/h3-6,13-14H,2,7-10H2,1H3;1H. The number of aryl methyl sites for hydroxylation is 1. The van der Waals surface area contributed by atoms with Gasteiger partial charge in [0.05, 0.1) is 11.5 Å². The van der Waals surface area contributed by atoms with E-state index >= 15 is 0 Å². The van der Waals surface area contributed by atoms with Crippen molar-refractivity contribution < 1.29 is 8.42 Å². The van der Waals surface area contributed by atoms with E-state index < -0.39 is 9.84 Å². The lowest BCUT2D eigenvalue weighted by Crippen LogP contribution is -2.29. The molecule has 1 unspecified atom stereocenters. The van der Waals surface area contributed by atoms with Gasteiger partial charge in [0.2, 0.25) is 0 Å². The van der Waals surface area contributed by atoms with Crippen LogP contribution in [-0.2, 0) is 22.8 Å². The fourth-order valence-electron chi connectivity index (χ4n) is 2.11. The second-order valence-corrected chi connectivity index (χ2v) is 6.88. The summed E-state index contributed by atoms with van der Waals surface area (Å²) in [5.74, 6) is 0.624. The quantitative estimate of drug-likeness (QED) is 0.921. The Labute approximate surface area is 115 Å². The molecular formula is C13H20ClNO2S. The number of sulfone groups is 1. The fraction of sp³-hybridized carbons (Fsp3) is 0.538. The molecule has 0 radical (unpaired) electrons. The normalized spacial score (nSPS) is 21.5. The highest BCUT2D eigenvalue weighted by molar-refractivity contribution is 7.91. The molecule has 1 saturated heterocycles. The molecule has 0 amide bonds. The molecule has 1 heterocycles. The number of nitrogens with one attached hydrogen (secondary N) is 1. The molecule has 0 spiro atoms. The van der Waals surface area contributed by atoms with E-state index in [-0.39, 0.29) is 18.4 Å². The second kappa shape index (κ2) is 6.55. The van der Waals surface area contributed by atoms with E-state index in [9.17, 15) is 8.42 Å². The second-order valence-electron chi connectivity index (χ2n) is 4.65. The minimum absolute atomic E-state index is 0. The van der Waals surface area contributed by atoms with Crippen molar-refractivity contribution in [2.45, 2.75) is 32.4 Å². The molecule has 5 heteroatoms. The van der Waals surface area contributed by atoms with Crippen LogP contribution in [0.4, 0.5) is 0 Å². The molecule has 18 heavy (non-hydrogen) atoms. The summed E-state index contributed by atoms with van der Waals surface area (Å²) in [7, 11) is -2.77. The molecule has 2 rings (SSSR count). The molecule has 3 nitrogen and oxygen atoms in total. The summed E-state index contributed by atoms with van der Waals surface area (Å²) in [4.78, 5) is 0. The summed E-state index contributed by atoms with van der Waals surface area (Å²) >= 11 is 0. The van der Waals surface area contributed by atoms with Gasteiger partial charge in [-0.25, -0.2) is 8.42 Å². The highest BCUT2D eigenvalue weighted by Gasteiger charge is 2.27. The zero-order valence-corrected chi connectivity index (χ0v) is 12.2. The predicted molar refractivity (Wildman–Crippen MR) is 77.0 cm³/mol. The molecule has 1 atom stereocenters. The first-order valence-electron chi connectivity index (χ1n) is 6.10. The minimum Gasteiger partial charge on any atom is -0.309 e. The summed E-state index contributed by atoms with van der Waals surface area (Å²) in [6, 6.07) is 8.60. The zero-order valence-electron chi connectivity index (χ0n) is 10.6. The predicted octanol–water partition coefficient (Wildman–Crippen LogP) is 1.95. The van der Waals surface area contributed by atoms with Crippen molar-refractivity contribution in [2.75, 3.05) is 11.5 Å². The first-order chi connectivity index (χ1) is 8.09. The van der Waals surface area contributed by atoms with Gasteiger partial charge < -0.3 is 5.32 Å². The lowest BCUT2D eigenvalue weighted by Gasteiger charge is -2.10. The molecule has 0 aromatic heterocycles. The van der Waals surface area contributed by atoms with E-state index in [0.29, 0.717) is 11.5 Å². The van der Waals surface area contributed by atoms with E-state index in [4.69, 9.17) is 0 Å². The number of rotatable bonds is 4. The van der Waals surface area contributed by atoms with Crippen molar-refractivity contribution in [1.29, 1.82) is 0 Å².